The molecule has 1 aromatic heterocycles. The molecule has 7 nitrogen and oxygen atoms in total. The van der Waals surface area contributed by atoms with Gasteiger partial charge in [-0.05, 0) is 6.42 Å². The molecule has 0 bridgehead atoms. The average Bonchev–Trinajstić information content (AvgIpc) is 2.96. The molecule has 2 atom stereocenters. The molecule has 2 amide bonds. The highest BCUT2D eigenvalue weighted by molar-refractivity contribution is 5.76. The van der Waals surface area contributed by atoms with Crippen LogP contribution in [0.3, 0.4) is 0 Å². The third-order valence-electron chi connectivity index (χ3n) is 2.64. The predicted octanol–water partition coefficient (Wildman–Crippen LogP) is 0.503. The molecule has 3 N–H and O–H groups in total. The molecule has 1 aromatic rings. The van der Waals surface area contributed by atoms with E-state index in [4.69, 9.17) is 5.11 Å². The summed E-state index contributed by atoms with van der Waals surface area (Å²) in [4.78, 5) is 22.2. The molecule has 2 unspecified atom stereocenters. The van der Waals surface area contributed by atoms with E-state index >= 15 is 0 Å². The van der Waals surface area contributed by atoms with E-state index in [2.05, 4.69) is 20.3 Å². The van der Waals surface area contributed by atoms with Gasteiger partial charge in [-0.15, -0.1) is 0 Å². The first-order chi connectivity index (χ1) is 8.65. The van der Waals surface area contributed by atoms with Crippen LogP contribution in [0.5, 0.6) is 0 Å². The summed E-state index contributed by atoms with van der Waals surface area (Å²) in [5.74, 6) is -1.40. The van der Waals surface area contributed by atoms with E-state index in [9.17, 15) is 9.59 Å². The van der Waals surface area contributed by atoms with E-state index in [0.717, 1.165) is 0 Å². The summed E-state index contributed by atoms with van der Waals surface area (Å²) in [6, 6.07) is 1.04. The van der Waals surface area contributed by atoms with E-state index < -0.39 is 11.9 Å². The number of nitrogens with zero attached hydrogens (tertiary/aromatic N) is 1. The molecule has 0 saturated heterocycles. The Morgan fingerprint density at radius 1 is 1.50 bits per heavy atom. The fourth-order valence-corrected chi connectivity index (χ4v) is 1.71. The zero-order valence-electron chi connectivity index (χ0n) is 9.50. The fourth-order valence-electron chi connectivity index (χ4n) is 1.71. The first-order valence-corrected chi connectivity index (χ1v) is 5.50. The van der Waals surface area contributed by atoms with Gasteiger partial charge in [0, 0.05) is 6.07 Å². The number of urea groups is 1. The largest absolute Gasteiger partial charge is 0.481 e. The highest BCUT2D eigenvalue weighted by Gasteiger charge is 2.25. The third kappa shape index (κ3) is 3.09. The molecule has 96 valence electrons. The van der Waals surface area contributed by atoms with Crippen molar-refractivity contribution in [1.82, 2.24) is 15.8 Å². The topological polar surface area (TPSA) is 104 Å². The van der Waals surface area contributed by atoms with E-state index in [1.165, 1.54) is 6.26 Å². The maximum Gasteiger partial charge on any atom is 0.315 e. The lowest BCUT2D eigenvalue weighted by atomic mass is 10.1. The van der Waals surface area contributed by atoms with E-state index in [-0.39, 0.29) is 18.6 Å². The van der Waals surface area contributed by atoms with Crippen molar-refractivity contribution in [2.45, 2.75) is 19.0 Å². The van der Waals surface area contributed by atoms with Gasteiger partial charge in [-0.2, -0.15) is 0 Å². The Balaban J connectivity index is 1.72. The minimum Gasteiger partial charge on any atom is -0.481 e. The van der Waals surface area contributed by atoms with E-state index in [1.807, 2.05) is 0 Å². The lowest BCUT2D eigenvalue weighted by Crippen LogP contribution is -2.40. The first kappa shape index (κ1) is 12.2. The number of carbonyl (C=O) groups excluding carboxylic acids is 1. The van der Waals surface area contributed by atoms with Crippen LogP contribution in [0.1, 0.15) is 12.1 Å². The number of carboxylic acids is 1. The normalized spacial score (nSPS) is 21.8. The number of carbonyl (C=O) groups is 2. The number of nitrogens with one attached hydrogen (secondary N) is 2. The van der Waals surface area contributed by atoms with Crippen LogP contribution < -0.4 is 10.6 Å². The van der Waals surface area contributed by atoms with Crippen LogP contribution in [-0.2, 0) is 11.3 Å². The lowest BCUT2D eigenvalue weighted by Gasteiger charge is -2.12. The minimum absolute atomic E-state index is 0.247. The summed E-state index contributed by atoms with van der Waals surface area (Å²) < 4.78 is 4.62. The molecule has 0 saturated carbocycles. The van der Waals surface area contributed by atoms with Gasteiger partial charge in [0.05, 0.1) is 18.5 Å². The summed E-state index contributed by atoms with van der Waals surface area (Å²) >= 11 is 0. The number of aliphatic carboxylic acids is 1. The summed E-state index contributed by atoms with van der Waals surface area (Å²) in [7, 11) is 0. The van der Waals surface area contributed by atoms with Crippen molar-refractivity contribution in [3.63, 3.8) is 0 Å². The Bertz CT molecular complexity index is 455. The molecule has 7 heteroatoms. The van der Waals surface area contributed by atoms with Crippen LogP contribution in [0.15, 0.2) is 29.0 Å². The number of amides is 2. The second kappa shape index (κ2) is 5.35. The van der Waals surface area contributed by atoms with E-state index in [0.29, 0.717) is 12.1 Å². The van der Waals surface area contributed by atoms with Gasteiger partial charge in [-0.3, -0.25) is 4.79 Å². The van der Waals surface area contributed by atoms with Crippen molar-refractivity contribution in [3.8, 4) is 0 Å². The monoisotopic (exact) mass is 251 g/mol. The van der Waals surface area contributed by atoms with Gasteiger partial charge in [-0.25, -0.2) is 4.79 Å². The zero-order chi connectivity index (χ0) is 13.0. The number of hydrogen-bond donors (Lipinski definition) is 3. The van der Waals surface area contributed by atoms with Gasteiger partial charge in [0.25, 0.3) is 0 Å². The Morgan fingerprint density at radius 2 is 2.33 bits per heavy atom. The molecule has 2 rings (SSSR count). The lowest BCUT2D eigenvalue weighted by molar-refractivity contribution is -0.140. The smallest absolute Gasteiger partial charge is 0.315 e. The molecule has 0 radical (unpaired) electrons. The van der Waals surface area contributed by atoms with Crippen molar-refractivity contribution >= 4 is 12.0 Å². The van der Waals surface area contributed by atoms with Crippen molar-refractivity contribution in [2.75, 3.05) is 0 Å². The molecule has 0 spiro atoms. The van der Waals surface area contributed by atoms with Gasteiger partial charge >= 0.3 is 12.0 Å². The Labute approximate surface area is 103 Å². The van der Waals surface area contributed by atoms with Gasteiger partial charge in [0.1, 0.15) is 12.0 Å². The van der Waals surface area contributed by atoms with Crippen LogP contribution in [0.4, 0.5) is 4.79 Å². The molecule has 1 aliphatic carbocycles. The van der Waals surface area contributed by atoms with Crippen molar-refractivity contribution in [2.24, 2.45) is 5.92 Å². The molecular formula is C11H13N3O4. The molecular weight excluding hydrogens is 238 g/mol. The highest BCUT2D eigenvalue weighted by atomic mass is 16.5. The standard InChI is InChI=1S/C11H13N3O4/c15-10(16)7-1-2-8(5-7)13-11(17)12-6-9-3-4-18-14-9/h1-4,7-8H,5-6H2,(H,15,16)(H2,12,13,17). The van der Waals surface area contributed by atoms with Crippen molar-refractivity contribution in [3.05, 3.63) is 30.2 Å². The minimum atomic E-state index is -0.876. The number of rotatable bonds is 4. The summed E-state index contributed by atoms with van der Waals surface area (Å²) in [5, 5.41) is 17.7. The molecule has 0 fully saturated rings. The third-order valence-corrected chi connectivity index (χ3v) is 2.64. The van der Waals surface area contributed by atoms with Crippen LogP contribution in [0.25, 0.3) is 0 Å². The molecule has 0 aliphatic heterocycles. The van der Waals surface area contributed by atoms with Crippen molar-refractivity contribution in [1.29, 1.82) is 0 Å². The van der Waals surface area contributed by atoms with Gasteiger partial charge < -0.3 is 20.3 Å². The quantitative estimate of drug-likeness (QED) is 0.676. The maximum absolute atomic E-state index is 11.5. The Hall–Kier alpha value is -2.31. The second-order valence-corrected chi connectivity index (χ2v) is 3.99. The summed E-state index contributed by atoms with van der Waals surface area (Å²) in [6.07, 6.45) is 5.08. The highest BCUT2D eigenvalue weighted by Crippen LogP contribution is 2.17. The van der Waals surface area contributed by atoms with Crippen LogP contribution in [0, 0.1) is 5.92 Å². The maximum atomic E-state index is 11.5. The average molecular weight is 251 g/mol. The molecule has 0 aromatic carbocycles. The number of aromatic nitrogens is 1. The fraction of sp³-hybridized carbons (Fsp3) is 0.364. The SMILES string of the molecule is O=C(NCc1ccon1)NC1C=CC(C(=O)O)C1. The van der Waals surface area contributed by atoms with Crippen LogP contribution >= 0.6 is 0 Å². The molecule has 1 aliphatic rings. The van der Waals surface area contributed by atoms with E-state index in [1.54, 1.807) is 18.2 Å². The molecule has 18 heavy (non-hydrogen) atoms. The van der Waals surface area contributed by atoms with Crippen molar-refractivity contribution < 1.29 is 19.2 Å². The number of hydrogen-bond acceptors (Lipinski definition) is 4. The predicted molar refractivity (Wildman–Crippen MR) is 60.5 cm³/mol. The molecule has 1 heterocycles. The van der Waals surface area contributed by atoms with Gasteiger partial charge in [-0.1, -0.05) is 17.3 Å². The van der Waals surface area contributed by atoms with Crippen LogP contribution in [-0.4, -0.2) is 28.3 Å². The summed E-state index contributed by atoms with van der Waals surface area (Å²) in [6.45, 7) is 0.265. The van der Waals surface area contributed by atoms with Gasteiger partial charge in [0.2, 0.25) is 0 Å². The summed E-state index contributed by atoms with van der Waals surface area (Å²) in [5.41, 5.74) is 0.621. The van der Waals surface area contributed by atoms with Gasteiger partial charge in [0.15, 0.2) is 0 Å². The Morgan fingerprint density at radius 3 is 2.94 bits per heavy atom. The van der Waals surface area contributed by atoms with Crippen LogP contribution in [0.2, 0.25) is 0 Å². The Kier molecular flexibility index (Phi) is 3.61. The number of carboxylic acid groups (broad SMARTS) is 1. The second-order valence-electron chi connectivity index (χ2n) is 3.99. The zero-order valence-corrected chi connectivity index (χ0v) is 9.50. The first-order valence-electron chi connectivity index (χ1n) is 5.50.